The van der Waals surface area contributed by atoms with Crippen LogP contribution in [0.25, 0.3) is 0 Å². The molecule has 1 N–H and O–H groups in total. The summed E-state index contributed by atoms with van der Waals surface area (Å²) in [5.41, 5.74) is -0.809. The van der Waals surface area contributed by atoms with Crippen LogP contribution in [0.3, 0.4) is 0 Å². The maximum atomic E-state index is 13.0. The van der Waals surface area contributed by atoms with Crippen LogP contribution < -0.4 is 5.32 Å². The molecule has 13 nitrogen and oxygen atoms in total. The zero-order valence-electron chi connectivity index (χ0n) is 25.2. The summed E-state index contributed by atoms with van der Waals surface area (Å²) in [5.74, 6) is -1.79. The second-order valence-electron chi connectivity index (χ2n) is 11.4. The van der Waals surface area contributed by atoms with Crippen molar-refractivity contribution < 1.29 is 56.3 Å². The number of ether oxygens (including phenoxy) is 3. The van der Waals surface area contributed by atoms with E-state index in [4.69, 9.17) is 23.0 Å². The number of ketones is 1. The summed E-state index contributed by atoms with van der Waals surface area (Å²) in [6, 6.07) is 7.65. The largest absolute Gasteiger partial charge is 0.478 e. The normalized spacial score (nSPS) is 20.4. The van der Waals surface area contributed by atoms with E-state index in [1.54, 1.807) is 58.9 Å². The lowest BCUT2D eigenvalue weighted by molar-refractivity contribution is -0.146. The standard InChI is InChI=1S/C28H40NO12PS/c1-27(2,3)25(33)43-16-20(24(32)37-15-19-11-8-7-9-12-19)29-26(34)38-18-40-42(35)39-17-28(4,5)23(41-42)21(30)13-10-14-22(31)36-6/h7-9,11-12,20,23H,10,13-18H2,1-6H3,(H,29,34)/t20-,23-,42+/m0/s1. The van der Waals surface area contributed by atoms with Crippen LogP contribution >= 0.6 is 19.6 Å². The minimum atomic E-state index is -4.32. The molecule has 0 spiro atoms. The van der Waals surface area contributed by atoms with Crippen LogP contribution in [0, 0.1) is 10.8 Å². The first-order valence-electron chi connectivity index (χ1n) is 13.5. The number of Topliss-reactive ketones (excluding diaryl/α,β-unsaturated/α-hetero) is 1. The number of alkyl carbamates (subject to hydrolysis) is 1. The monoisotopic (exact) mass is 645 g/mol. The summed E-state index contributed by atoms with van der Waals surface area (Å²) in [7, 11) is -3.07. The van der Waals surface area contributed by atoms with Gasteiger partial charge in [0, 0.05) is 29.4 Å². The topological polar surface area (TPSA) is 170 Å². The Morgan fingerprint density at radius 2 is 1.77 bits per heavy atom. The smallest absolute Gasteiger partial charge is 0.469 e. The Bertz CT molecular complexity index is 1180. The van der Waals surface area contributed by atoms with E-state index < -0.39 is 61.4 Å². The summed E-state index contributed by atoms with van der Waals surface area (Å²) < 4.78 is 43.6. The number of methoxy groups -OCH3 is 1. The average Bonchev–Trinajstić information content (AvgIpc) is 2.95. The molecule has 0 aromatic heterocycles. The van der Waals surface area contributed by atoms with Gasteiger partial charge >= 0.3 is 25.9 Å². The van der Waals surface area contributed by atoms with E-state index in [0.29, 0.717) is 0 Å². The number of carbonyl (C=O) groups is 5. The third-order valence-electron chi connectivity index (χ3n) is 6.06. The van der Waals surface area contributed by atoms with Crippen LogP contribution in [0.2, 0.25) is 0 Å². The molecule has 2 rings (SSSR count). The Labute approximate surface area is 255 Å². The molecular weight excluding hydrogens is 605 g/mol. The molecule has 0 bridgehead atoms. The van der Waals surface area contributed by atoms with E-state index in [1.807, 2.05) is 6.07 Å². The van der Waals surface area contributed by atoms with Gasteiger partial charge in [-0.1, -0.05) is 76.7 Å². The fourth-order valence-electron chi connectivity index (χ4n) is 3.53. The lowest BCUT2D eigenvalue weighted by Gasteiger charge is -2.39. The second kappa shape index (κ2) is 16.3. The van der Waals surface area contributed by atoms with E-state index in [2.05, 4.69) is 10.1 Å². The van der Waals surface area contributed by atoms with E-state index >= 15 is 0 Å². The molecule has 0 unspecified atom stereocenters. The van der Waals surface area contributed by atoms with Gasteiger partial charge in [-0.2, -0.15) is 0 Å². The van der Waals surface area contributed by atoms with Crippen molar-refractivity contribution in [2.45, 2.75) is 72.6 Å². The van der Waals surface area contributed by atoms with E-state index in [0.717, 1.165) is 17.3 Å². The van der Waals surface area contributed by atoms with Gasteiger partial charge in [0.25, 0.3) is 0 Å². The first-order chi connectivity index (χ1) is 20.1. The number of amides is 1. The van der Waals surface area contributed by atoms with Gasteiger partial charge in [0.2, 0.25) is 6.79 Å². The molecule has 43 heavy (non-hydrogen) atoms. The van der Waals surface area contributed by atoms with Gasteiger partial charge in [0.1, 0.15) is 18.8 Å². The number of nitrogens with one attached hydrogen (secondary N) is 1. The number of phosphoric acid groups is 1. The molecule has 1 aromatic carbocycles. The Hall–Kier alpha value is -2.77. The predicted octanol–water partition coefficient (Wildman–Crippen LogP) is 4.57. The third kappa shape index (κ3) is 12.4. The highest BCUT2D eigenvalue weighted by molar-refractivity contribution is 8.13. The molecule has 240 valence electrons. The van der Waals surface area contributed by atoms with Gasteiger partial charge in [-0.15, -0.1) is 0 Å². The number of benzene rings is 1. The third-order valence-corrected chi connectivity index (χ3v) is 8.77. The van der Waals surface area contributed by atoms with E-state index in [9.17, 15) is 28.5 Å². The lowest BCUT2D eigenvalue weighted by atomic mass is 9.84. The van der Waals surface area contributed by atoms with Crippen molar-refractivity contribution in [3.05, 3.63) is 35.9 Å². The zero-order chi connectivity index (χ0) is 32.3. The molecule has 1 aliphatic rings. The van der Waals surface area contributed by atoms with Crippen molar-refractivity contribution in [3.63, 3.8) is 0 Å². The molecule has 3 atom stereocenters. The van der Waals surface area contributed by atoms with Crippen LogP contribution in [0.1, 0.15) is 59.4 Å². The number of hydrogen-bond donors (Lipinski definition) is 1. The van der Waals surface area contributed by atoms with E-state index in [1.165, 1.54) is 7.11 Å². The van der Waals surface area contributed by atoms with Crippen molar-refractivity contribution in [2.75, 3.05) is 26.3 Å². The fourth-order valence-corrected chi connectivity index (χ4v) is 6.03. The number of thioether (sulfide) groups is 1. The molecular formula is C28H40NO12PS. The summed E-state index contributed by atoms with van der Waals surface area (Å²) in [6.45, 7) is 7.44. The number of rotatable bonds is 14. The van der Waals surface area contributed by atoms with Crippen LogP contribution in [0.5, 0.6) is 0 Å². The Morgan fingerprint density at radius 1 is 1.09 bits per heavy atom. The molecule has 0 radical (unpaired) electrons. The molecule has 1 heterocycles. The van der Waals surface area contributed by atoms with Crippen molar-refractivity contribution in [1.82, 2.24) is 5.32 Å². The maximum absolute atomic E-state index is 13.0. The molecule has 0 aliphatic carbocycles. The number of carbonyl (C=O) groups excluding carboxylic acids is 5. The van der Waals surface area contributed by atoms with Gasteiger partial charge in [0.15, 0.2) is 10.9 Å². The van der Waals surface area contributed by atoms with Crippen molar-refractivity contribution in [2.24, 2.45) is 10.8 Å². The van der Waals surface area contributed by atoms with Crippen LogP contribution in [0.4, 0.5) is 4.79 Å². The van der Waals surface area contributed by atoms with E-state index in [-0.39, 0.29) is 43.3 Å². The summed E-state index contributed by atoms with van der Waals surface area (Å²) in [4.78, 5) is 61.8. The average molecular weight is 646 g/mol. The predicted molar refractivity (Wildman–Crippen MR) is 156 cm³/mol. The Balaban J connectivity index is 1.95. The van der Waals surface area contributed by atoms with Crippen molar-refractivity contribution >= 4 is 48.5 Å². The maximum Gasteiger partial charge on any atom is 0.478 e. The molecule has 15 heteroatoms. The quantitative estimate of drug-likeness (QED) is 0.129. The molecule has 1 saturated heterocycles. The molecule has 1 aromatic rings. The highest BCUT2D eigenvalue weighted by atomic mass is 32.2. The summed E-state index contributed by atoms with van der Waals surface area (Å²) in [5, 5.41) is 2.14. The van der Waals surface area contributed by atoms with Crippen LogP contribution in [-0.4, -0.2) is 67.3 Å². The minimum absolute atomic E-state index is 0.0282. The van der Waals surface area contributed by atoms with Gasteiger partial charge in [0.05, 0.1) is 13.7 Å². The van der Waals surface area contributed by atoms with Crippen molar-refractivity contribution in [1.29, 1.82) is 0 Å². The number of phosphoric ester groups is 1. The van der Waals surface area contributed by atoms with Crippen LogP contribution in [-0.2, 0) is 58.1 Å². The van der Waals surface area contributed by atoms with Gasteiger partial charge in [-0.25, -0.2) is 18.7 Å². The SMILES string of the molecule is COC(=O)CCCC(=O)[C@@H]1O[P@@](=O)(OCOC(=O)N[C@@H](CSC(=O)C(C)(C)C)C(=O)OCc2ccccc2)OCC1(C)C. The van der Waals surface area contributed by atoms with Crippen molar-refractivity contribution in [3.8, 4) is 0 Å². The first-order valence-corrected chi connectivity index (χ1v) is 16.0. The highest BCUT2D eigenvalue weighted by Crippen LogP contribution is 2.57. The van der Waals surface area contributed by atoms with Crippen LogP contribution in [0.15, 0.2) is 30.3 Å². The van der Waals surface area contributed by atoms with Gasteiger partial charge in [-0.05, 0) is 12.0 Å². The minimum Gasteiger partial charge on any atom is -0.469 e. The second-order valence-corrected chi connectivity index (χ2v) is 14.0. The fraction of sp³-hybridized carbons (Fsp3) is 0.607. The lowest BCUT2D eigenvalue weighted by Crippen LogP contribution is -2.45. The number of hydrogen-bond acceptors (Lipinski definition) is 13. The van der Waals surface area contributed by atoms with Gasteiger partial charge in [-0.3, -0.25) is 23.4 Å². The molecule has 1 amide bonds. The molecule has 0 saturated carbocycles. The Kier molecular flexibility index (Phi) is 13.8. The Morgan fingerprint density at radius 3 is 2.40 bits per heavy atom. The first kappa shape index (κ1) is 36.4. The highest BCUT2D eigenvalue weighted by Gasteiger charge is 2.48. The molecule has 1 fully saturated rings. The zero-order valence-corrected chi connectivity index (χ0v) is 27.0. The summed E-state index contributed by atoms with van der Waals surface area (Å²) >= 11 is 0.857. The van der Waals surface area contributed by atoms with Gasteiger partial charge < -0.3 is 19.5 Å². The summed E-state index contributed by atoms with van der Waals surface area (Å²) in [6.07, 6.45) is -2.07. The molecule has 1 aliphatic heterocycles. The number of esters is 2.